The Morgan fingerprint density at radius 1 is 0.321 bits per heavy atom. The number of fused-ring (bicyclic) bond motifs is 10. The van der Waals surface area contributed by atoms with Gasteiger partial charge in [0.1, 0.15) is 23.0 Å². The van der Waals surface area contributed by atoms with Crippen LogP contribution in [0.4, 0.5) is 34.1 Å². The summed E-state index contributed by atoms with van der Waals surface area (Å²) in [4.78, 5) is 4.99. The second-order valence-electron chi connectivity index (χ2n) is 21.3. The van der Waals surface area contributed by atoms with E-state index >= 15 is 0 Å². The molecule has 0 fully saturated rings. The number of aryl methyl sites for hydroxylation is 2. The van der Waals surface area contributed by atoms with Gasteiger partial charge in [-0.05, 0) is 139 Å². The van der Waals surface area contributed by atoms with Gasteiger partial charge in [-0.25, -0.2) is 0 Å². The van der Waals surface area contributed by atoms with E-state index in [0.29, 0.717) is 0 Å². The molecule has 0 saturated carbocycles. The predicted molar refractivity (Wildman–Crippen MR) is 328 cm³/mol. The van der Waals surface area contributed by atoms with Crippen LogP contribution in [0.25, 0.3) is 44.5 Å². The van der Waals surface area contributed by atoms with Crippen molar-refractivity contribution in [3.63, 3.8) is 0 Å². The second kappa shape index (κ2) is 18.8. The second-order valence-corrected chi connectivity index (χ2v) is 21.3. The van der Waals surface area contributed by atoms with Crippen LogP contribution in [0.1, 0.15) is 37.8 Å². The van der Waals surface area contributed by atoms with Gasteiger partial charge in [0.15, 0.2) is 0 Å². The molecule has 11 aromatic carbocycles. The molecule has 6 heteroatoms. The number of benzene rings is 11. The fraction of sp³-hybridized carbons (Fsp3) is 0.0833. The van der Waals surface area contributed by atoms with Crippen molar-refractivity contribution in [2.24, 2.45) is 0 Å². The molecule has 0 amide bonds. The molecular weight excluding hydrogens is 946 g/mol. The lowest BCUT2D eigenvalue weighted by molar-refractivity contribution is 0.477. The Morgan fingerprint density at radius 3 is 1.01 bits per heavy atom. The predicted octanol–water partition coefficient (Wildman–Crippen LogP) is 15.1. The van der Waals surface area contributed by atoms with Crippen LogP contribution in [0.3, 0.4) is 0 Å². The molecule has 0 aromatic heterocycles. The van der Waals surface area contributed by atoms with E-state index in [-0.39, 0.29) is 13.4 Å². The number of nitrogens with zero attached hydrogens (tertiary/aromatic N) is 2. The summed E-state index contributed by atoms with van der Waals surface area (Å²) in [7, 11) is 0. The first-order valence-corrected chi connectivity index (χ1v) is 27.7. The van der Waals surface area contributed by atoms with Crippen molar-refractivity contribution in [2.75, 3.05) is 9.80 Å². The molecule has 0 bridgehead atoms. The average Bonchev–Trinajstić information content (AvgIpc) is 1.93. The van der Waals surface area contributed by atoms with Crippen LogP contribution in [0.15, 0.2) is 243 Å². The molecule has 0 saturated heterocycles. The Hall–Kier alpha value is -9.25. The zero-order valence-electron chi connectivity index (χ0n) is 43.8. The number of ether oxygens (including phenoxy) is 2. The summed E-state index contributed by atoms with van der Waals surface area (Å²) in [5, 5.41) is 0. The minimum Gasteiger partial charge on any atom is -0.456 e. The quantitative estimate of drug-likeness (QED) is 0.128. The summed E-state index contributed by atoms with van der Waals surface area (Å²) in [6.07, 6.45) is 4.04. The first kappa shape index (κ1) is 46.1. The van der Waals surface area contributed by atoms with Gasteiger partial charge in [0.2, 0.25) is 0 Å². The zero-order chi connectivity index (χ0) is 51.8. The van der Waals surface area contributed by atoms with Crippen LogP contribution in [-0.2, 0) is 12.8 Å². The summed E-state index contributed by atoms with van der Waals surface area (Å²) in [5.41, 5.74) is 25.4. The first-order valence-electron chi connectivity index (χ1n) is 27.7. The molecule has 15 rings (SSSR count). The maximum Gasteiger partial charge on any atom is 0.256 e. The number of rotatable bonds is 10. The number of anilines is 6. The highest BCUT2D eigenvalue weighted by Gasteiger charge is 2.52. The largest absolute Gasteiger partial charge is 0.456 e. The highest BCUT2D eigenvalue weighted by atomic mass is 16.5. The van der Waals surface area contributed by atoms with Crippen molar-refractivity contribution >= 4 is 80.3 Å². The highest BCUT2D eigenvalue weighted by molar-refractivity contribution is 7.02. The van der Waals surface area contributed by atoms with Crippen LogP contribution in [-0.4, -0.2) is 13.4 Å². The fourth-order valence-corrected chi connectivity index (χ4v) is 13.0. The Kier molecular flexibility index (Phi) is 11.1. The molecular formula is C72H54B2N2O2. The van der Waals surface area contributed by atoms with Crippen LogP contribution < -0.4 is 52.1 Å². The third-order valence-corrected chi connectivity index (χ3v) is 16.6. The average molecular weight is 1000 g/mol. The smallest absolute Gasteiger partial charge is 0.256 e. The van der Waals surface area contributed by atoms with Crippen LogP contribution in [0.2, 0.25) is 0 Å². The molecule has 0 aliphatic carbocycles. The molecule has 0 spiro atoms. The molecule has 78 heavy (non-hydrogen) atoms. The Labute approximate surface area is 458 Å². The maximum atomic E-state index is 7.80. The Bertz CT molecular complexity index is 3840. The van der Waals surface area contributed by atoms with Crippen molar-refractivity contribution < 1.29 is 9.47 Å². The lowest BCUT2D eigenvalue weighted by atomic mass is 9.31. The summed E-state index contributed by atoms with van der Waals surface area (Å²) >= 11 is 0. The van der Waals surface area contributed by atoms with E-state index in [9.17, 15) is 0 Å². The molecule has 4 heterocycles. The molecule has 4 aliphatic rings. The third kappa shape index (κ3) is 7.45. The number of hydrogen-bond donors (Lipinski definition) is 0. The Balaban J connectivity index is 1.07. The van der Waals surface area contributed by atoms with E-state index < -0.39 is 0 Å². The topological polar surface area (TPSA) is 24.9 Å². The van der Waals surface area contributed by atoms with Crippen molar-refractivity contribution in [1.29, 1.82) is 0 Å². The first-order chi connectivity index (χ1) is 38.6. The standard InChI is InChI=1S/C72H54B2N2O2/c1-3-17-47-27-41-65-61(43-47)73-59-45-55(51-23-13-7-14-24-51)33-39-63(59)75(57-35-29-53(30-36-57)49-19-9-5-10-20-49)69-67(73)71(77-65)70-68-72(69)78-66-42-28-48(18-4-2)44-62(66)74(68)60-46-56(52-25-15-8-16-26-52)34-40-64(60)76(70)58-37-31-54(32-38-58)50-21-11-6-12-22-50/h5-16,19-46H,3-4,17-18H2,1-2H3. The van der Waals surface area contributed by atoms with Crippen molar-refractivity contribution in [2.45, 2.75) is 39.5 Å². The molecule has 0 unspecified atom stereocenters. The van der Waals surface area contributed by atoms with Gasteiger partial charge in [0.05, 0.1) is 11.4 Å². The Morgan fingerprint density at radius 2 is 0.654 bits per heavy atom. The highest BCUT2D eigenvalue weighted by Crippen LogP contribution is 2.54. The van der Waals surface area contributed by atoms with E-state index in [1.54, 1.807) is 0 Å². The van der Waals surface area contributed by atoms with E-state index in [2.05, 4.69) is 266 Å². The zero-order valence-corrected chi connectivity index (χ0v) is 43.8. The third-order valence-electron chi connectivity index (χ3n) is 16.6. The van der Waals surface area contributed by atoms with E-state index in [4.69, 9.17) is 9.47 Å². The normalized spacial score (nSPS) is 13.1. The van der Waals surface area contributed by atoms with Gasteiger partial charge in [0.25, 0.3) is 13.4 Å². The van der Waals surface area contributed by atoms with Gasteiger partial charge in [-0.1, -0.05) is 221 Å². The van der Waals surface area contributed by atoms with E-state index in [0.717, 1.165) is 105 Å². The maximum absolute atomic E-state index is 7.80. The lowest BCUT2D eigenvalue weighted by Gasteiger charge is -2.47. The minimum absolute atomic E-state index is 0.199. The summed E-state index contributed by atoms with van der Waals surface area (Å²) in [6, 6.07) is 89.4. The molecule has 11 aromatic rings. The van der Waals surface area contributed by atoms with Crippen LogP contribution in [0, 0.1) is 0 Å². The monoisotopic (exact) mass is 1000 g/mol. The number of hydrogen-bond acceptors (Lipinski definition) is 4. The van der Waals surface area contributed by atoms with Crippen molar-refractivity contribution in [1.82, 2.24) is 0 Å². The van der Waals surface area contributed by atoms with Crippen molar-refractivity contribution in [3.8, 4) is 67.5 Å². The molecule has 0 N–H and O–H groups in total. The van der Waals surface area contributed by atoms with Gasteiger partial charge in [0, 0.05) is 33.7 Å². The lowest BCUT2D eigenvalue weighted by Crippen LogP contribution is -2.64. The molecule has 0 radical (unpaired) electrons. The van der Waals surface area contributed by atoms with Gasteiger partial charge < -0.3 is 19.3 Å². The van der Waals surface area contributed by atoms with Crippen LogP contribution in [0.5, 0.6) is 23.0 Å². The fourth-order valence-electron chi connectivity index (χ4n) is 13.0. The summed E-state index contributed by atoms with van der Waals surface area (Å²) < 4.78 is 15.6. The van der Waals surface area contributed by atoms with Gasteiger partial charge in [-0.3, -0.25) is 0 Å². The minimum atomic E-state index is -0.199. The summed E-state index contributed by atoms with van der Waals surface area (Å²) in [6.45, 7) is 4.13. The van der Waals surface area contributed by atoms with Crippen molar-refractivity contribution in [3.05, 3.63) is 254 Å². The molecule has 370 valence electrons. The molecule has 4 aliphatic heterocycles. The van der Waals surface area contributed by atoms with Gasteiger partial charge in [-0.15, -0.1) is 0 Å². The van der Waals surface area contributed by atoms with Crippen LogP contribution >= 0.6 is 0 Å². The summed E-state index contributed by atoms with van der Waals surface area (Å²) in [5.74, 6) is 3.49. The van der Waals surface area contributed by atoms with E-state index in [1.807, 2.05) is 0 Å². The SMILES string of the molecule is CCCc1ccc2c(c1)B1c3cc(-c4ccccc4)ccc3N(c3ccc(-c4ccccc4)cc3)c3c4c5c(c(c31)O2)N(c1ccc(-c2ccccc2)cc1)c1ccc(-c2ccccc2)cc1B5c1cc(CCC)ccc1O4. The van der Waals surface area contributed by atoms with Gasteiger partial charge in [-0.2, -0.15) is 0 Å². The molecule has 4 nitrogen and oxygen atoms in total. The van der Waals surface area contributed by atoms with Gasteiger partial charge >= 0.3 is 0 Å². The van der Waals surface area contributed by atoms with E-state index in [1.165, 1.54) is 66.4 Å². The molecule has 0 atom stereocenters.